The number of ether oxygens (including phenoxy) is 3. The molecule has 2 rings (SSSR count). The Hall–Kier alpha value is -2.32. The zero-order valence-electron chi connectivity index (χ0n) is 18.2. The van der Waals surface area contributed by atoms with Gasteiger partial charge in [-0.05, 0) is 50.3 Å². The lowest BCUT2D eigenvalue weighted by molar-refractivity contribution is 0.0205. The molecule has 1 fully saturated rings. The fourth-order valence-electron chi connectivity index (χ4n) is 3.09. The van der Waals surface area contributed by atoms with E-state index in [2.05, 4.69) is 20.9 Å². The largest absolute Gasteiger partial charge is 0.497 e. The van der Waals surface area contributed by atoms with Crippen molar-refractivity contribution >= 4 is 11.9 Å². The van der Waals surface area contributed by atoms with Crippen molar-refractivity contribution in [2.45, 2.75) is 26.2 Å². The van der Waals surface area contributed by atoms with E-state index in [-0.39, 0.29) is 5.91 Å². The van der Waals surface area contributed by atoms with Crippen molar-refractivity contribution in [2.24, 2.45) is 10.9 Å². The molecule has 0 bridgehead atoms. The Morgan fingerprint density at radius 2 is 2.00 bits per heavy atom. The van der Waals surface area contributed by atoms with E-state index < -0.39 is 0 Å². The van der Waals surface area contributed by atoms with Crippen LogP contribution >= 0.6 is 0 Å². The number of hydrogen-bond donors (Lipinski definition) is 3. The highest BCUT2D eigenvalue weighted by Crippen LogP contribution is 2.14. The summed E-state index contributed by atoms with van der Waals surface area (Å²) in [5.74, 6) is 1.92. The van der Waals surface area contributed by atoms with Crippen LogP contribution in [0.1, 0.15) is 36.5 Å². The van der Waals surface area contributed by atoms with Gasteiger partial charge in [0, 0.05) is 58.2 Å². The monoisotopic (exact) mass is 420 g/mol. The quantitative estimate of drug-likeness (QED) is 0.271. The summed E-state index contributed by atoms with van der Waals surface area (Å²) in [5, 5.41) is 9.35. The van der Waals surface area contributed by atoms with Crippen molar-refractivity contribution in [2.75, 3.05) is 59.7 Å². The van der Waals surface area contributed by atoms with Crippen molar-refractivity contribution < 1.29 is 19.0 Å². The van der Waals surface area contributed by atoms with E-state index in [0.717, 1.165) is 58.2 Å². The number of nitrogens with zero attached hydrogens (tertiary/aromatic N) is 1. The number of carbonyl (C=O) groups is 1. The van der Waals surface area contributed by atoms with Crippen LogP contribution in [0.25, 0.3) is 0 Å². The molecule has 0 aliphatic carbocycles. The van der Waals surface area contributed by atoms with Crippen molar-refractivity contribution in [1.82, 2.24) is 16.0 Å². The fourth-order valence-corrected chi connectivity index (χ4v) is 3.09. The summed E-state index contributed by atoms with van der Waals surface area (Å²) in [4.78, 5) is 16.8. The highest BCUT2D eigenvalue weighted by atomic mass is 16.5. The van der Waals surface area contributed by atoms with Crippen molar-refractivity contribution in [3.8, 4) is 5.75 Å². The summed E-state index contributed by atoms with van der Waals surface area (Å²) in [5.41, 5.74) is 0.579. The molecule has 0 saturated carbocycles. The van der Waals surface area contributed by atoms with Crippen LogP contribution in [0.15, 0.2) is 29.3 Å². The Morgan fingerprint density at radius 1 is 1.20 bits per heavy atom. The summed E-state index contributed by atoms with van der Waals surface area (Å²) in [6, 6.07) is 7.10. The first-order valence-electron chi connectivity index (χ1n) is 10.8. The SMILES string of the molecule is CCNC(=NCCCOCC1CCOCC1)NCCNC(=O)c1cccc(OC)c1. The van der Waals surface area contributed by atoms with Gasteiger partial charge in [0.2, 0.25) is 0 Å². The number of aliphatic imine (C=N–C) groups is 1. The predicted octanol–water partition coefficient (Wildman–Crippen LogP) is 1.81. The molecule has 0 unspecified atom stereocenters. The molecular weight excluding hydrogens is 384 g/mol. The first-order chi connectivity index (χ1) is 14.7. The molecule has 168 valence electrons. The van der Waals surface area contributed by atoms with Gasteiger partial charge >= 0.3 is 0 Å². The van der Waals surface area contributed by atoms with Crippen LogP contribution in [0.3, 0.4) is 0 Å². The third-order valence-corrected chi connectivity index (χ3v) is 4.79. The number of amides is 1. The lowest BCUT2D eigenvalue weighted by atomic mass is 10.0. The Kier molecular flexibility index (Phi) is 11.7. The lowest BCUT2D eigenvalue weighted by Gasteiger charge is -2.21. The zero-order chi connectivity index (χ0) is 21.4. The second kappa shape index (κ2) is 14.6. The van der Waals surface area contributed by atoms with Gasteiger partial charge in [-0.3, -0.25) is 9.79 Å². The summed E-state index contributed by atoms with van der Waals surface area (Å²) in [7, 11) is 1.58. The molecule has 3 N–H and O–H groups in total. The van der Waals surface area contributed by atoms with Gasteiger partial charge in [-0.25, -0.2) is 0 Å². The third-order valence-electron chi connectivity index (χ3n) is 4.79. The second-order valence-electron chi connectivity index (χ2n) is 7.16. The van der Waals surface area contributed by atoms with Crippen molar-refractivity contribution in [1.29, 1.82) is 0 Å². The van der Waals surface area contributed by atoms with Crippen LogP contribution in [0, 0.1) is 5.92 Å². The number of guanidine groups is 1. The molecule has 30 heavy (non-hydrogen) atoms. The number of methoxy groups -OCH3 is 1. The van der Waals surface area contributed by atoms with Crippen LogP contribution in [-0.2, 0) is 9.47 Å². The first-order valence-corrected chi connectivity index (χ1v) is 10.8. The Morgan fingerprint density at radius 3 is 2.77 bits per heavy atom. The minimum absolute atomic E-state index is 0.126. The molecule has 1 amide bonds. The average molecular weight is 421 g/mol. The van der Waals surface area contributed by atoms with E-state index in [9.17, 15) is 4.79 Å². The fraction of sp³-hybridized carbons (Fsp3) is 0.636. The molecule has 8 nitrogen and oxygen atoms in total. The topological polar surface area (TPSA) is 93.2 Å². The maximum Gasteiger partial charge on any atom is 0.251 e. The van der Waals surface area contributed by atoms with E-state index >= 15 is 0 Å². The third kappa shape index (κ3) is 9.45. The Bertz CT molecular complexity index is 648. The van der Waals surface area contributed by atoms with Gasteiger partial charge in [-0.1, -0.05) is 6.07 Å². The molecule has 1 aromatic carbocycles. The maximum atomic E-state index is 12.2. The van der Waals surface area contributed by atoms with E-state index in [4.69, 9.17) is 14.2 Å². The van der Waals surface area contributed by atoms with Crippen molar-refractivity contribution in [3.05, 3.63) is 29.8 Å². The zero-order valence-corrected chi connectivity index (χ0v) is 18.2. The van der Waals surface area contributed by atoms with E-state index in [1.807, 2.05) is 13.0 Å². The molecule has 0 atom stereocenters. The molecule has 8 heteroatoms. The molecular formula is C22H36N4O4. The summed E-state index contributed by atoms with van der Waals surface area (Å²) >= 11 is 0. The molecule has 1 aliphatic rings. The molecule has 1 saturated heterocycles. The molecule has 1 aromatic rings. The highest BCUT2D eigenvalue weighted by Gasteiger charge is 2.13. The molecule has 0 spiro atoms. The van der Waals surface area contributed by atoms with Crippen LogP contribution in [0.2, 0.25) is 0 Å². The smallest absolute Gasteiger partial charge is 0.251 e. The minimum atomic E-state index is -0.126. The van der Waals surface area contributed by atoms with Crippen LogP contribution in [0.4, 0.5) is 0 Å². The highest BCUT2D eigenvalue weighted by molar-refractivity contribution is 5.94. The summed E-state index contributed by atoms with van der Waals surface area (Å²) in [6.07, 6.45) is 3.08. The van der Waals surface area contributed by atoms with Gasteiger partial charge < -0.3 is 30.2 Å². The normalized spacial score (nSPS) is 14.9. The number of rotatable bonds is 12. The summed E-state index contributed by atoms with van der Waals surface area (Å²) < 4.78 is 16.3. The Balaban J connectivity index is 1.59. The number of benzene rings is 1. The van der Waals surface area contributed by atoms with Gasteiger partial charge in [-0.15, -0.1) is 0 Å². The van der Waals surface area contributed by atoms with Gasteiger partial charge in [0.25, 0.3) is 5.91 Å². The molecule has 0 aromatic heterocycles. The first kappa shape index (κ1) is 24.0. The molecule has 0 radical (unpaired) electrons. The van der Waals surface area contributed by atoms with Gasteiger partial charge in [-0.2, -0.15) is 0 Å². The summed E-state index contributed by atoms with van der Waals surface area (Å²) in [6.45, 7) is 7.83. The van der Waals surface area contributed by atoms with E-state index in [0.29, 0.717) is 36.9 Å². The average Bonchev–Trinajstić information content (AvgIpc) is 2.79. The van der Waals surface area contributed by atoms with Gasteiger partial charge in [0.05, 0.1) is 7.11 Å². The minimum Gasteiger partial charge on any atom is -0.497 e. The lowest BCUT2D eigenvalue weighted by Crippen LogP contribution is -2.41. The van der Waals surface area contributed by atoms with Crippen LogP contribution < -0.4 is 20.7 Å². The molecule has 1 aliphatic heterocycles. The van der Waals surface area contributed by atoms with E-state index in [1.54, 1.807) is 25.3 Å². The Labute approximate surface area is 179 Å². The predicted molar refractivity (Wildman–Crippen MR) is 118 cm³/mol. The van der Waals surface area contributed by atoms with Crippen LogP contribution in [-0.4, -0.2) is 71.6 Å². The van der Waals surface area contributed by atoms with Crippen LogP contribution in [0.5, 0.6) is 5.75 Å². The van der Waals surface area contributed by atoms with Gasteiger partial charge in [0.15, 0.2) is 5.96 Å². The number of nitrogens with one attached hydrogen (secondary N) is 3. The van der Waals surface area contributed by atoms with E-state index in [1.165, 1.54) is 0 Å². The van der Waals surface area contributed by atoms with Crippen molar-refractivity contribution in [3.63, 3.8) is 0 Å². The van der Waals surface area contributed by atoms with Gasteiger partial charge in [0.1, 0.15) is 5.75 Å². The number of hydrogen-bond acceptors (Lipinski definition) is 5. The molecule has 1 heterocycles. The standard InChI is InChI=1S/C22H36N4O4/c1-3-23-22(25-10-5-13-30-17-18-8-14-29-15-9-18)26-12-11-24-21(27)19-6-4-7-20(16-19)28-2/h4,6-7,16,18H,3,5,8-15,17H2,1-2H3,(H,24,27)(H2,23,25,26). The number of carbonyl (C=O) groups excluding carboxylic acids is 1. The maximum absolute atomic E-state index is 12.2. The second-order valence-corrected chi connectivity index (χ2v) is 7.16.